The van der Waals surface area contributed by atoms with Gasteiger partial charge in [-0.3, -0.25) is 14.4 Å². The molecule has 1 unspecified atom stereocenters. The minimum absolute atomic E-state index is 0.183. The second-order valence-electron chi connectivity index (χ2n) is 4.42. The van der Waals surface area contributed by atoms with Gasteiger partial charge in [0.1, 0.15) is 5.76 Å². The summed E-state index contributed by atoms with van der Waals surface area (Å²) in [7, 11) is 0. The molecular weight excluding hydrogens is 315 g/mol. The van der Waals surface area contributed by atoms with Crippen molar-refractivity contribution < 1.29 is 19.1 Å². The summed E-state index contributed by atoms with van der Waals surface area (Å²) in [6, 6.07) is 4.81. The van der Waals surface area contributed by atoms with Crippen LogP contribution in [0.2, 0.25) is 10.0 Å². The Kier molecular flexibility index (Phi) is 4.60. The summed E-state index contributed by atoms with van der Waals surface area (Å²) in [4.78, 5) is 35.2. The average Bonchev–Trinajstić information content (AvgIpc) is 2.39. The molecular formula is C15H10Cl2O4. The highest BCUT2D eigenvalue weighted by Crippen LogP contribution is 2.23. The number of cyclic esters (lactones) is 1. The van der Waals surface area contributed by atoms with Gasteiger partial charge in [-0.1, -0.05) is 35.3 Å². The van der Waals surface area contributed by atoms with E-state index >= 15 is 0 Å². The fraction of sp³-hybridized carbons (Fsp3) is 0.133. The molecule has 1 aliphatic rings. The van der Waals surface area contributed by atoms with Crippen LogP contribution in [-0.4, -0.2) is 17.5 Å². The maximum Gasteiger partial charge on any atom is 0.329 e. The van der Waals surface area contributed by atoms with Crippen LogP contribution in [0.1, 0.15) is 12.5 Å². The van der Waals surface area contributed by atoms with E-state index in [-0.39, 0.29) is 5.76 Å². The first kappa shape index (κ1) is 15.5. The molecule has 1 atom stereocenters. The summed E-state index contributed by atoms with van der Waals surface area (Å²) in [5.74, 6) is -3.33. The van der Waals surface area contributed by atoms with Crippen molar-refractivity contribution in [3.8, 4) is 0 Å². The number of ketones is 2. The Morgan fingerprint density at radius 3 is 2.57 bits per heavy atom. The van der Waals surface area contributed by atoms with Gasteiger partial charge in [0.2, 0.25) is 0 Å². The summed E-state index contributed by atoms with van der Waals surface area (Å²) >= 11 is 11.6. The highest BCUT2D eigenvalue weighted by Gasteiger charge is 2.36. The molecule has 0 saturated heterocycles. The van der Waals surface area contributed by atoms with Crippen LogP contribution >= 0.6 is 23.2 Å². The fourth-order valence-electron chi connectivity index (χ4n) is 1.79. The molecule has 2 rings (SSSR count). The van der Waals surface area contributed by atoms with E-state index in [0.717, 1.165) is 12.2 Å². The Labute approximate surface area is 131 Å². The summed E-state index contributed by atoms with van der Waals surface area (Å²) < 4.78 is 4.79. The number of rotatable bonds is 3. The van der Waals surface area contributed by atoms with E-state index in [4.69, 9.17) is 27.9 Å². The number of hydrogen-bond acceptors (Lipinski definition) is 4. The summed E-state index contributed by atoms with van der Waals surface area (Å²) in [5, 5.41) is 0.741. The van der Waals surface area contributed by atoms with Crippen molar-refractivity contribution >= 4 is 46.8 Å². The van der Waals surface area contributed by atoms with E-state index in [2.05, 4.69) is 0 Å². The SMILES string of the molecule is CC1=CC(=O)C(C(=O)/C=C/c2ccc(Cl)c(Cl)c2)C(=O)O1. The second kappa shape index (κ2) is 6.24. The topological polar surface area (TPSA) is 60.4 Å². The summed E-state index contributed by atoms with van der Waals surface area (Å²) in [6.45, 7) is 1.47. The Hall–Kier alpha value is -1.91. The number of ether oxygens (including phenoxy) is 1. The van der Waals surface area contributed by atoms with Crippen LogP contribution < -0.4 is 0 Å². The number of halogens is 2. The minimum atomic E-state index is -1.44. The van der Waals surface area contributed by atoms with E-state index < -0.39 is 23.5 Å². The zero-order valence-corrected chi connectivity index (χ0v) is 12.4. The van der Waals surface area contributed by atoms with Gasteiger partial charge in [0, 0.05) is 6.08 Å². The van der Waals surface area contributed by atoms with Gasteiger partial charge >= 0.3 is 5.97 Å². The van der Waals surface area contributed by atoms with Crippen LogP contribution in [0.3, 0.4) is 0 Å². The zero-order valence-electron chi connectivity index (χ0n) is 10.9. The number of allylic oxidation sites excluding steroid dienone is 3. The molecule has 1 aliphatic heterocycles. The predicted molar refractivity (Wildman–Crippen MR) is 78.8 cm³/mol. The van der Waals surface area contributed by atoms with Gasteiger partial charge in [-0.25, -0.2) is 0 Å². The van der Waals surface area contributed by atoms with Crippen LogP contribution in [0, 0.1) is 5.92 Å². The van der Waals surface area contributed by atoms with E-state index in [1.165, 1.54) is 13.0 Å². The molecule has 6 heteroatoms. The van der Waals surface area contributed by atoms with Gasteiger partial charge in [0.05, 0.1) is 10.0 Å². The van der Waals surface area contributed by atoms with Crippen molar-refractivity contribution in [3.63, 3.8) is 0 Å². The van der Waals surface area contributed by atoms with Crippen LogP contribution in [-0.2, 0) is 19.1 Å². The van der Waals surface area contributed by atoms with Crippen LogP contribution in [0.25, 0.3) is 6.08 Å². The summed E-state index contributed by atoms with van der Waals surface area (Å²) in [5.41, 5.74) is 0.626. The molecule has 0 aromatic heterocycles. The molecule has 0 radical (unpaired) electrons. The van der Waals surface area contributed by atoms with Crippen molar-refractivity contribution in [1.29, 1.82) is 0 Å². The molecule has 1 heterocycles. The normalized spacial score (nSPS) is 18.6. The molecule has 0 N–H and O–H groups in total. The number of benzene rings is 1. The molecule has 0 aliphatic carbocycles. The van der Waals surface area contributed by atoms with E-state index in [1.54, 1.807) is 18.2 Å². The lowest BCUT2D eigenvalue weighted by Crippen LogP contribution is -2.34. The second-order valence-corrected chi connectivity index (χ2v) is 5.24. The Balaban J connectivity index is 2.17. The first-order valence-corrected chi connectivity index (χ1v) is 6.75. The molecule has 0 saturated carbocycles. The van der Waals surface area contributed by atoms with E-state index in [0.29, 0.717) is 15.6 Å². The third-order valence-electron chi connectivity index (χ3n) is 2.80. The highest BCUT2D eigenvalue weighted by molar-refractivity contribution is 6.42. The van der Waals surface area contributed by atoms with Gasteiger partial charge in [0.15, 0.2) is 17.5 Å². The van der Waals surface area contributed by atoms with Gasteiger partial charge in [0.25, 0.3) is 0 Å². The number of esters is 1. The summed E-state index contributed by atoms with van der Waals surface area (Å²) in [6.07, 6.45) is 3.74. The van der Waals surface area contributed by atoms with Crippen LogP contribution in [0.4, 0.5) is 0 Å². The smallest absolute Gasteiger partial charge is 0.329 e. The Bertz CT molecular complexity index is 689. The maximum atomic E-state index is 12.0. The lowest BCUT2D eigenvalue weighted by Gasteiger charge is -2.15. The third kappa shape index (κ3) is 3.60. The minimum Gasteiger partial charge on any atom is -0.430 e. The molecule has 1 aromatic carbocycles. The molecule has 21 heavy (non-hydrogen) atoms. The predicted octanol–water partition coefficient (Wildman–Crippen LogP) is 3.22. The Morgan fingerprint density at radius 1 is 1.24 bits per heavy atom. The van der Waals surface area contributed by atoms with Gasteiger partial charge in [-0.15, -0.1) is 0 Å². The average molecular weight is 325 g/mol. The van der Waals surface area contributed by atoms with Crippen molar-refractivity contribution in [2.45, 2.75) is 6.92 Å². The first-order chi connectivity index (χ1) is 9.88. The van der Waals surface area contributed by atoms with Gasteiger partial charge < -0.3 is 4.74 Å². The quantitative estimate of drug-likeness (QED) is 0.486. The number of hydrogen-bond donors (Lipinski definition) is 0. The van der Waals surface area contributed by atoms with Gasteiger partial charge in [-0.05, 0) is 30.7 Å². The van der Waals surface area contributed by atoms with Gasteiger partial charge in [-0.2, -0.15) is 0 Å². The van der Waals surface area contributed by atoms with E-state index in [9.17, 15) is 14.4 Å². The monoisotopic (exact) mass is 324 g/mol. The molecule has 0 bridgehead atoms. The Morgan fingerprint density at radius 2 is 1.95 bits per heavy atom. The van der Waals surface area contributed by atoms with Crippen molar-refractivity contribution in [1.82, 2.24) is 0 Å². The highest BCUT2D eigenvalue weighted by atomic mass is 35.5. The number of carbonyl (C=O) groups is 3. The maximum absolute atomic E-state index is 12.0. The largest absolute Gasteiger partial charge is 0.430 e. The molecule has 0 amide bonds. The zero-order chi connectivity index (χ0) is 15.6. The van der Waals surface area contributed by atoms with Crippen molar-refractivity contribution in [3.05, 3.63) is 51.7 Å². The fourth-order valence-corrected chi connectivity index (χ4v) is 2.10. The van der Waals surface area contributed by atoms with Crippen molar-refractivity contribution in [2.75, 3.05) is 0 Å². The first-order valence-electron chi connectivity index (χ1n) is 5.99. The van der Waals surface area contributed by atoms with Crippen molar-refractivity contribution in [2.24, 2.45) is 5.92 Å². The third-order valence-corrected chi connectivity index (χ3v) is 3.53. The number of carbonyl (C=O) groups excluding carboxylic acids is 3. The standard InChI is InChI=1S/C15H10Cl2O4/c1-8-6-13(19)14(15(20)21-8)12(18)5-3-9-2-4-10(16)11(17)7-9/h2-7,14H,1H3/b5-3+. The molecule has 108 valence electrons. The molecule has 0 fully saturated rings. The molecule has 0 spiro atoms. The lowest BCUT2D eigenvalue weighted by molar-refractivity contribution is -0.151. The van der Waals surface area contributed by atoms with Crippen LogP contribution in [0.15, 0.2) is 36.1 Å². The molecule has 1 aromatic rings. The lowest BCUT2D eigenvalue weighted by atomic mass is 9.96. The van der Waals surface area contributed by atoms with Crippen LogP contribution in [0.5, 0.6) is 0 Å². The van der Waals surface area contributed by atoms with E-state index in [1.807, 2.05) is 0 Å². The molecule has 4 nitrogen and oxygen atoms in total.